The van der Waals surface area contributed by atoms with Crippen molar-refractivity contribution in [2.45, 2.75) is 38.6 Å². The van der Waals surface area contributed by atoms with Crippen molar-refractivity contribution in [3.63, 3.8) is 0 Å². The average molecular weight is 512 g/mol. The summed E-state index contributed by atoms with van der Waals surface area (Å²) in [5, 5.41) is 13.3. The lowest BCUT2D eigenvalue weighted by molar-refractivity contribution is 0.0926. The van der Waals surface area contributed by atoms with Crippen LogP contribution in [0.3, 0.4) is 0 Å². The van der Waals surface area contributed by atoms with Crippen LogP contribution in [0.15, 0.2) is 42.6 Å². The first kappa shape index (κ1) is 24.1. The maximum atomic E-state index is 16.4. The maximum Gasteiger partial charge on any atom is 0.223 e. The lowest BCUT2D eigenvalue weighted by Gasteiger charge is -2.47. The van der Waals surface area contributed by atoms with Gasteiger partial charge in [0.1, 0.15) is 11.6 Å². The van der Waals surface area contributed by atoms with Crippen molar-refractivity contribution < 1.29 is 13.2 Å². The molecule has 5 nitrogen and oxygen atoms in total. The van der Waals surface area contributed by atoms with Crippen LogP contribution in [0.5, 0.6) is 0 Å². The molecule has 0 aliphatic heterocycles. The van der Waals surface area contributed by atoms with E-state index in [2.05, 4.69) is 33.1 Å². The zero-order valence-electron chi connectivity index (χ0n) is 20.7. The second-order valence-corrected chi connectivity index (χ2v) is 10.3. The van der Waals surface area contributed by atoms with E-state index in [0.717, 1.165) is 31.7 Å². The molecule has 7 rings (SSSR count). The number of halogens is 3. The predicted molar refractivity (Wildman–Crippen MR) is 140 cm³/mol. The van der Waals surface area contributed by atoms with Crippen molar-refractivity contribution in [3.8, 4) is 28.5 Å². The first-order valence-electron chi connectivity index (χ1n) is 12.7. The summed E-state index contributed by atoms with van der Waals surface area (Å²) in [5.41, 5.74) is 0.734. The zero-order chi connectivity index (χ0) is 26.6. The standard InChI is InChI=1S/C30H24F3N5/c1-15-16-7-9-17(10-8-16)26(15)37-30-25(33)24(20-6-4-3-5-18(20)13-34)29(35-2)28(38-30)22-14-36-27-21(22)11-19(31)12-23(27)32/h3-6,11-12,14-17,26,36H,7-10H2,1H3,(H,37,38)/t15-,16?,17?,26+/m0/s1. The number of fused-ring (bicyclic) bond motifs is 4. The number of hydrogen-bond acceptors (Lipinski definition) is 3. The normalized spacial score (nSPS) is 22.3. The molecule has 2 aromatic heterocycles. The van der Waals surface area contributed by atoms with Gasteiger partial charge in [0.15, 0.2) is 11.6 Å². The second kappa shape index (κ2) is 9.22. The zero-order valence-corrected chi connectivity index (χ0v) is 20.7. The van der Waals surface area contributed by atoms with E-state index in [4.69, 9.17) is 6.57 Å². The molecule has 2 aromatic carbocycles. The van der Waals surface area contributed by atoms with Crippen LogP contribution in [-0.2, 0) is 0 Å². The van der Waals surface area contributed by atoms with Gasteiger partial charge in [0.2, 0.25) is 5.69 Å². The SMILES string of the molecule is [C-]#[N+]c1c(-c2c[nH]c3c(F)cc(F)cc23)nc(N[C@H]2C3CCC(CC3)[C@@H]2C)c(F)c1-c1ccccc1C#N. The highest BCUT2D eigenvalue weighted by Gasteiger charge is 2.42. The number of hydrogen-bond donors (Lipinski definition) is 2. The smallest absolute Gasteiger partial charge is 0.223 e. The first-order chi connectivity index (χ1) is 18.4. The number of rotatable bonds is 4. The van der Waals surface area contributed by atoms with Crippen LogP contribution in [0.4, 0.5) is 24.7 Å². The van der Waals surface area contributed by atoms with Crippen LogP contribution in [-0.4, -0.2) is 16.0 Å². The van der Waals surface area contributed by atoms with Gasteiger partial charge in [0, 0.05) is 34.8 Å². The summed E-state index contributed by atoms with van der Waals surface area (Å²) < 4.78 is 45.2. The Morgan fingerprint density at radius 1 is 1.08 bits per heavy atom. The van der Waals surface area contributed by atoms with E-state index in [1.807, 2.05) is 0 Å². The van der Waals surface area contributed by atoms with E-state index in [-0.39, 0.29) is 56.4 Å². The molecule has 38 heavy (non-hydrogen) atoms. The van der Waals surface area contributed by atoms with Crippen molar-refractivity contribution in [1.82, 2.24) is 9.97 Å². The summed E-state index contributed by atoms with van der Waals surface area (Å²) in [6, 6.07) is 10.5. The van der Waals surface area contributed by atoms with E-state index in [1.165, 1.54) is 12.3 Å². The Bertz CT molecular complexity index is 1650. The van der Waals surface area contributed by atoms with E-state index in [1.54, 1.807) is 24.3 Å². The van der Waals surface area contributed by atoms with Gasteiger partial charge in [-0.25, -0.2) is 23.0 Å². The van der Waals surface area contributed by atoms with Gasteiger partial charge in [-0.1, -0.05) is 25.1 Å². The van der Waals surface area contributed by atoms with Crippen molar-refractivity contribution in [2.75, 3.05) is 5.32 Å². The molecule has 2 atom stereocenters. The molecule has 0 saturated heterocycles. The van der Waals surface area contributed by atoms with Gasteiger partial charge in [-0.2, -0.15) is 5.26 Å². The lowest BCUT2D eigenvalue weighted by Crippen LogP contribution is -2.47. The first-order valence-corrected chi connectivity index (χ1v) is 12.7. The molecule has 0 unspecified atom stereocenters. The van der Waals surface area contributed by atoms with Gasteiger partial charge in [-0.05, 0) is 61.1 Å². The third-order valence-corrected chi connectivity index (χ3v) is 8.44. The van der Waals surface area contributed by atoms with Gasteiger partial charge in [0.05, 0.1) is 29.4 Å². The van der Waals surface area contributed by atoms with Gasteiger partial charge < -0.3 is 10.3 Å². The Labute approximate surface area is 218 Å². The Morgan fingerprint density at radius 3 is 2.53 bits per heavy atom. The number of H-pyrrole nitrogens is 1. The topological polar surface area (TPSA) is 68.9 Å². The Morgan fingerprint density at radius 2 is 1.82 bits per heavy atom. The molecular formula is C30H24F3N5. The second-order valence-electron chi connectivity index (χ2n) is 10.3. The van der Waals surface area contributed by atoms with Crippen LogP contribution in [0.2, 0.25) is 0 Å². The predicted octanol–water partition coefficient (Wildman–Crippen LogP) is 7.97. The van der Waals surface area contributed by atoms with E-state index in [0.29, 0.717) is 17.8 Å². The number of nitrogens with zero attached hydrogens (tertiary/aromatic N) is 3. The molecule has 3 fully saturated rings. The summed E-state index contributed by atoms with van der Waals surface area (Å²) >= 11 is 0. The van der Waals surface area contributed by atoms with Crippen LogP contribution in [0, 0.1) is 53.1 Å². The molecule has 190 valence electrons. The van der Waals surface area contributed by atoms with Crippen molar-refractivity contribution in [2.24, 2.45) is 17.8 Å². The van der Waals surface area contributed by atoms with E-state index >= 15 is 4.39 Å². The lowest BCUT2D eigenvalue weighted by atomic mass is 9.62. The fraction of sp³-hybridized carbons (Fsp3) is 0.300. The molecule has 0 amide bonds. The Hall–Kier alpha value is -4.30. The number of anilines is 1. The van der Waals surface area contributed by atoms with E-state index in [9.17, 15) is 14.0 Å². The molecule has 4 aromatic rings. The van der Waals surface area contributed by atoms with Gasteiger partial charge >= 0.3 is 0 Å². The summed E-state index contributed by atoms with van der Waals surface area (Å²) in [6.07, 6.45) is 5.90. The fourth-order valence-corrected chi connectivity index (χ4v) is 6.50. The average Bonchev–Trinajstić information content (AvgIpc) is 3.35. The molecule has 2 N–H and O–H groups in total. The van der Waals surface area contributed by atoms with Gasteiger partial charge in [0.25, 0.3) is 0 Å². The highest BCUT2D eigenvalue weighted by Crippen LogP contribution is 2.48. The highest BCUT2D eigenvalue weighted by atomic mass is 19.1. The maximum absolute atomic E-state index is 16.4. The van der Waals surface area contributed by atoms with Crippen LogP contribution >= 0.6 is 0 Å². The third-order valence-electron chi connectivity index (χ3n) is 8.44. The van der Waals surface area contributed by atoms with Crippen molar-refractivity contribution >= 4 is 22.4 Å². The molecule has 0 spiro atoms. The fourth-order valence-electron chi connectivity index (χ4n) is 6.50. The third kappa shape index (κ3) is 3.71. The summed E-state index contributed by atoms with van der Waals surface area (Å²) in [6.45, 7) is 10.2. The van der Waals surface area contributed by atoms with Crippen LogP contribution in [0.25, 0.3) is 38.1 Å². The number of nitriles is 1. The molecule has 3 aliphatic carbocycles. The van der Waals surface area contributed by atoms with Crippen LogP contribution in [0.1, 0.15) is 38.2 Å². The molecular weight excluding hydrogens is 487 g/mol. The minimum Gasteiger partial charge on any atom is -0.364 e. The molecule has 3 aliphatic rings. The summed E-state index contributed by atoms with van der Waals surface area (Å²) in [5.74, 6) is -1.04. The molecule has 8 heteroatoms. The monoisotopic (exact) mass is 511 g/mol. The Kier molecular flexibility index (Phi) is 5.84. The number of aromatic nitrogens is 2. The van der Waals surface area contributed by atoms with Crippen LogP contribution < -0.4 is 5.32 Å². The minimum atomic E-state index is -0.779. The molecule has 0 radical (unpaired) electrons. The number of pyridine rings is 1. The minimum absolute atomic E-state index is 0.00746. The van der Waals surface area contributed by atoms with Gasteiger partial charge in [-0.3, -0.25) is 0 Å². The van der Waals surface area contributed by atoms with Crippen molar-refractivity contribution in [1.29, 1.82) is 5.26 Å². The molecule has 2 bridgehead atoms. The largest absolute Gasteiger partial charge is 0.364 e. The Balaban J connectivity index is 1.62. The molecule has 3 saturated carbocycles. The van der Waals surface area contributed by atoms with Gasteiger partial charge in [-0.15, -0.1) is 0 Å². The number of nitrogens with one attached hydrogen (secondary N) is 2. The number of aromatic amines is 1. The quantitative estimate of drug-likeness (QED) is 0.273. The summed E-state index contributed by atoms with van der Waals surface area (Å²) in [4.78, 5) is 11.1. The molecule has 2 heterocycles. The highest BCUT2D eigenvalue weighted by molar-refractivity contribution is 6.02. The summed E-state index contributed by atoms with van der Waals surface area (Å²) in [7, 11) is 0. The van der Waals surface area contributed by atoms with E-state index < -0.39 is 17.5 Å². The van der Waals surface area contributed by atoms with Crippen molar-refractivity contribution in [3.05, 3.63) is 77.0 Å². The number of benzene rings is 2.